The fourth-order valence-electron chi connectivity index (χ4n) is 5.28. The Bertz CT molecular complexity index is 1120. The molecule has 38 heavy (non-hydrogen) atoms. The van der Waals surface area contributed by atoms with Crippen molar-refractivity contribution >= 4 is 29.4 Å². The number of aromatic nitrogens is 3. The molecule has 0 aromatic carbocycles. The molecule has 2 aromatic heterocycles. The highest BCUT2D eigenvalue weighted by molar-refractivity contribution is 5.93. The Morgan fingerprint density at radius 3 is 2.84 bits per heavy atom. The van der Waals surface area contributed by atoms with Crippen LogP contribution >= 0.6 is 0 Å². The van der Waals surface area contributed by atoms with Gasteiger partial charge in [0.25, 0.3) is 6.47 Å². The average Bonchev–Trinajstić information content (AvgIpc) is 3.50. The third-order valence-corrected chi connectivity index (χ3v) is 7.21. The normalized spacial score (nSPS) is 22.4. The highest BCUT2D eigenvalue weighted by atomic mass is 16.7. The van der Waals surface area contributed by atoms with Crippen LogP contribution in [0.15, 0.2) is 18.6 Å². The number of hydrogen-bond acceptors (Lipinski definition) is 11. The van der Waals surface area contributed by atoms with Gasteiger partial charge in [-0.25, -0.2) is 24.2 Å². The molecule has 0 radical (unpaired) electrons. The van der Waals surface area contributed by atoms with Crippen LogP contribution < -0.4 is 10.2 Å². The Balaban J connectivity index is 1.24. The lowest BCUT2D eigenvalue weighted by Gasteiger charge is -2.45. The van der Waals surface area contributed by atoms with E-state index in [9.17, 15) is 9.59 Å². The third-order valence-electron chi connectivity index (χ3n) is 7.21. The Kier molecular flexibility index (Phi) is 7.85. The van der Waals surface area contributed by atoms with Crippen molar-refractivity contribution in [3.63, 3.8) is 0 Å². The Morgan fingerprint density at radius 1 is 1.29 bits per heavy atom. The number of rotatable bonds is 9. The molecule has 1 aliphatic carbocycles. The molecule has 1 spiro atoms. The van der Waals surface area contributed by atoms with Crippen molar-refractivity contribution in [1.82, 2.24) is 24.8 Å². The largest absolute Gasteiger partial charge is 0.443 e. The summed E-state index contributed by atoms with van der Waals surface area (Å²) >= 11 is 0. The van der Waals surface area contributed by atoms with Gasteiger partial charge in [-0.1, -0.05) is 0 Å². The van der Waals surface area contributed by atoms with Gasteiger partial charge in [-0.3, -0.25) is 10.1 Å². The van der Waals surface area contributed by atoms with E-state index in [0.29, 0.717) is 38.4 Å². The van der Waals surface area contributed by atoms with E-state index in [4.69, 9.17) is 18.9 Å². The zero-order valence-electron chi connectivity index (χ0n) is 22.4. The zero-order valence-corrected chi connectivity index (χ0v) is 22.4. The molecule has 12 nitrogen and oxygen atoms in total. The lowest BCUT2D eigenvalue weighted by molar-refractivity contribution is -0.167. The number of hydrogen-bond donors (Lipinski definition) is 1. The number of carbonyl (C=O) groups is 2. The van der Waals surface area contributed by atoms with E-state index in [1.165, 1.54) is 10.9 Å². The monoisotopic (exact) mass is 530 g/mol. The van der Waals surface area contributed by atoms with Gasteiger partial charge in [-0.2, -0.15) is 0 Å². The van der Waals surface area contributed by atoms with Gasteiger partial charge in [0.2, 0.25) is 6.35 Å². The minimum atomic E-state index is -0.609. The van der Waals surface area contributed by atoms with E-state index in [-0.39, 0.29) is 11.8 Å². The van der Waals surface area contributed by atoms with Crippen molar-refractivity contribution in [2.24, 2.45) is 0 Å². The van der Waals surface area contributed by atoms with Crippen LogP contribution in [0.3, 0.4) is 0 Å². The summed E-state index contributed by atoms with van der Waals surface area (Å²) in [5.41, 5.74) is -0.221. The predicted octanol–water partition coefficient (Wildman–Crippen LogP) is 2.46. The molecule has 3 fully saturated rings. The first-order valence-electron chi connectivity index (χ1n) is 13.4. The van der Waals surface area contributed by atoms with E-state index in [0.717, 1.165) is 56.5 Å². The molecule has 12 heteroatoms. The van der Waals surface area contributed by atoms with Crippen LogP contribution in [0.1, 0.15) is 52.9 Å². The summed E-state index contributed by atoms with van der Waals surface area (Å²) in [4.78, 5) is 37.5. The molecule has 2 aliphatic heterocycles. The summed E-state index contributed by atoms with van der Waals surface area (Å²) < 4.78 is 23.9. The predicted molar refractivity (Wildman–Crippen MR) is 139 cm³/mol. The topological polar surface area (TPSA) is 120 Å². The second-order valence-corrected chi connectivity index (χ2v) is 11.1. The van der Waals surface area contributed by atoms with E-state index in [1.54, 1.807) is 6.20 Å². The number of ether oxygens (including phenoxy) is 4. The van der Waals surface area contributed by atoms with E-state index < -0.39 is 18.0 Å². The fraction of sp³-hybridized carbons (Fsp3) is 0.692. The summed E-state index contributed by atoms with van der Waals surface area (Å²) in [5.74, 6) is 0.782. The van der Waals surface area contributed by atoms with E-state index in [2.05, 4.69) is 25.1 Å². The number of nitrogens with one attached hydrogen (secondary N) is 1. The van der Waals surface area contributed by atoms with Gasteiger partial charge in [-0.15, -0.1) is 0 Å². The molecule has 4 heterocycles. The fourth-order valence-corrected chi connectivity index (χ4v) is 5.28. The molecule has 1 saturated carbocycles. The lowest BCUT2D eigenvalue weighted by atomic mass is 10.1. The molecule has 2 saturated heterocycles. The second kappa shape index (κ2) is 11.1. The summed E-state index contributed by atoms with van der Waals surface area (Å²) in [5, 5.41) is 4.13. The van der Waals surface area contributed by atoms with Crippen LogP contribution in [-0.2, 0) is 23.7 Å². The standard InChI is InChI=1S/C26H38N6O6/c1-25(2,3)38-24(34)31-11-7-19-21(28-17-29-22(19)31)30-12-13-32(26(16-30)8-9-26)23(37-18-33)27-10-15-36-20-6-4-5-14-35-20/h7,11,17-18,20,23,27H,4-6,8-10,12-16H2,1-3H3. The molecule has 2 unspecified atom stereocenters. The quantitative estimate of drug-likeness (QED) is 0.292. The molecular weight excluding hydrogens is 492 g/mol. The number of nitrogens with zero attached hydrogens (tertiary/aromatic N) is 5. The van der Waals surface area contributed by atoms with Crippen molar-refractivity contribution in [1.29, 1.82) is 0 Å². The highest BCUT2D eigenvalue weighted by Gasteiger charge is 2.54. The van der Waals surface area contributed by atoms with Gasteiger partial charge in [0, 0.05) is 44.5 Å². The SMILES string of the molecule is CC(C)(C)OC(=O)n1ccc2c(N3CCN(C(NCCOC4CCCCO4)OC=O)C4(CC4)C3)ncnc21. The van der Waals surface area contributed by atoms with Crippen LogP contribution in [0.4, 0.5) is 10.6 Å². The minimum absolute atomic E-state index is 0.128. The Hall–Kier alpha value is -2.80. The molecule has 0 amide bonds. The Morgan fingerprint density at radius 2 is 2.13 bits per heavy atom. The van der Waals surface area contributed by atoms with Crippen molar-refractivity contribution in [3.05, 3.63) is 18.6 Å². The van der Waals surface area contributed by atoms with Crippen LogP contribution in [0.25, 0.3) is 11.0 Å². The van der Waals surface area contributed by atoms with Gasteiger partial charge in [0.15, 0.2) is 11.9 Å². The van der Waals surface area contributed by atoms with E-state index in [1.807, 2.05) is 26.8 Å². The van der Waals surface area contributed by atoms with Crippen LogP contribution in [0.2, 0.25) is 0 Å². The summed E-state index contributed by atoms with van der Waals surface area (Å²) in [6.45, 7) is 9.84. The van der Waals surface area contributed by atoms with Gasteiger partial charge < -0.3 is 23.8 Å². The Labute approximate surface area is 222 Å². The average molecular weight is 531 g/mol. The van der Waals surface area contributed by atoms with Gasteiger partial charge >= 0.3 is 6.09 Å². The summed E-state index contributed by atoms with van der Waals surface area (Å²) in [7, 11) is 0. The van der Waals surface area contributed by atoms with Crippen molar-refractivity contribution in [3.8, 4) is 0 Å². The van der Waals surface area contributed by atoms with Gasteiger partial charge in [0.1, 0.15) is 17.7 Å². The zero-order chi connectivity index (χ0) is 26.8. The van der Waals surface area contributed by atoms with Crippen molar-refractivity contribution in [2.75, 3.05) is 44.3 Å². The maximum absolute atomic E-state index is 12.7. The minimum Gasteiger partial charge on any atom is -0.443 e. The maximum Gasteiger partial charge on any atom is 0.420 e. The van der Waals surface area contributed by atoms with Crippen LogP contribution in [0, 0.1) is 0 Å². The lowest BCUT2D eigenvalue weighted by Crippen LogP contribution is -2.62. The second-order valence-electron chi connectivity index (χ2n) is 11.1. The summed E-state index contributed by atoms with van der Waals surface area (Å²) in [6.07, 6.45) is 7.10. The number of carbonyl (C=O) groups excluding carboxylic acids is 2. The molecular formula is C26H38N6O6. The molecule has 0 bridgehead atoms. The molecule has 3 aliphatic rings. The molecule has 5 rings (SSSR count). The highest BCUT2D eigenvalue weighted by Crippen LogP contribution is 2.46. The molecule has 1 N–H and O–H groups in total. The first kappa shape index (κ1) is 26.8. The van der Waals surface area contributed by atoms with Crippen LogP contribution in [-0.4, -0.2) is 95.2 Å². The van der Waals surface area contributed by atoms with Crippen LogP contribution in [0.5, 0.6) is 0 Å². The van der Waals surface area contributed by atoms with E-state index >= 15 is 0 Å². The number of anilines is 1. The smallest absolute Gasteiger partial charge is 0.420 e. The number of fused-ring (bicyclic) bond motifs is 1. The molecule has 2 aromatic rings. The summed E-state index contributed by atoms with van der Waals surface area (Å²) in [6, 6.07) is 1.86. The first-order chi connectivity index (χ1) is 18.3. The number of piperazine rings is 1. The van der Waals surface area contributed by atoms with Crippen molar-refractivity contribution in [2.45, 2.75) is 76.7 Å². The van der Waals surface area contributed by atoms with Crippen molar-refractivity contribution < 1.29 is 28.5 Å². The van der Waals surface area contributed by atoms with Gasteiger partial charge in [0.05, 0.1) is 12.0 Å². The third kappa shape index (κ3) is 5.93. The first-order valence-corrected chi connectivity index (χ1v) is 13.4. The van der Waals surface area contributed by atoms with Gasteiger partial charge in [-0.05, 0) is 58.9 Å². The molecule has 2 atom stereocenters. The maximum atomic E-state index is 12.7. The molecule has 208 valence electrons.